The van der Waals surface area contributed by atoms with Crippen molar-refractivity contribution >= 4 is 39.3 Å². The van der Waals surface area contributed by atoms with Crippen LogP contribution in [-0.2, 0) is 19.1 Å². The summed E-state index contributed by atoms with van der Waals surface area (Å²) in [5, 5.41) is 11.4. The Hall–Kier alpha value is -2.95. The number of aromatic nitrogens is 1. The fraction of sp³-hybridized carbons (Fsp3) is 0.423. The van der Waals surface area contributed by atoms with Crippen LogP contribution in [0.4, 0.5) is 0 Å². The lowest BCUT2D eigenvalue weighted by Gasteiger charge is -2.29. The van der Waals surface area contributed by atoms with Gasteiger partial charge in [-0.05, 0) is 43.5 Å². The zero-order valence-electron chi connectivity index (χ0n) is 20.6. The smallest absolute Gasteiger partial charge is 0.354 e. The summed E-state index contributed by atoms with van der Waals surface area (Å²) in [6.07, 6.45) is 0.675. The number of nitrogens with zero attached hydrogens (tertiary/aromatic N) is 2. The molecule has 10 heteroatoms. The van der Waals surface area contributed by atoms with E-state index < -0.39 is 23.7 Å². The van der Waals surface area contributed by atoms with Crippen LogP contribution < -0.4 is 0 Å². The SMILES string of the molecule is COC(=O)c1[nH]c(C)c(C(O)=C2C(=O)C(=O)N(CCCN3CCOCC3)[C@H]2c2ccc(Br)cc2)c1C. The fourth-order valence-corrected chi connectivity index (χ4v) is 5.20. The lowest BCUT2D eigenvalue weighted by atomic mass is 9.94. The molecule has 1 aromatic carbocycles. The van der Waals surface area contributed by atoms with Crippen molar-refractivity contribution in [3.63, 3.8) is 0 Å². The van der Waals surface area contributed by atoms with E-state index in [9.17, 15) is 19.5 Å². The second-order valence-electron chi connectivity index (χ2n) is 8.97. The number of aliphatic hydroxyl groups is 1. The van der Waals surface area contributed by atoms with Gasteiger partial charge in [0.1, 0.15) is 11.5 Å². The molecule has 2 aliphatic rings. The Bertz CT molecular complexity index is 1200. The molecule has 36 heavy (non-hydrogen) atoms. The number of hydrogen-bond acceptors (Lipinski definition) is 7. The fourth-order valence-electron chi connectivity index (χ4n) is 4.94. The van der Waals surface area contributed by atoms with E-state index in [4.69, 9.17) is 9.47 Å². The molecule has 0 spiro atoms. The highest BCUT2D eigenvalue weighted by molar-refractivity contribution is 9.10. The molecular weight excluding hydrogens is 530 g/mol. The number of halogens is 1. The first-order chi connectivity index (χ1) is 17.2. The highest BCUT2D eigenvalue weighted by Crippen LogP contribution is 2.41. The highest BCUT2D eigenvalue weighted by atomic mass is 79.9. The van der Waals surface area contributed by atoms with Crippen LogP contribution in [0.25, 0.3) is 5.76 Å². The van der Waals surface area contributed by atoms with Crippen LogP contribution >= 0.6 is 15.9 Å². The number of ether oxygens (including phenoxy) is 2. The zero-order valence-corrected chi connectivity index (χ0v) is 22.2. The number of H-pyrrole nitrogens is 1. The van der Waals surface area contributed by atoms with Crippen LogP contribution in [0.2, 0.25) is 0 Å². The Morgan fingerprint density at radius 2 is 1.83 bits per heavy atom. The van der Waals surface area contributed by atoms with Gasteiger partial charge >= 0.3 is 5.97 Å². The number of ketones is 1. The number of Topliss-reactive ketones (excluding diaryl/α,β-unsaturated/α-hetero) is 1. The van der Waals surface area contributed by atoms with Crippen molar-refractivity contribution in [1.82, 2.24) is 14.8 Å². The van der Waals surface area contributed by atoms with Crippen LogP contribution in [0.1, 0.15) is 45.3 Å². The van der Waals surface area contributed by atoms with Gasteiger partial charge < -0.3 is 24.5 Å². The number of aromatic amines is 1. The van der Waals surface area contributed by atoms with E-state index in [1.54, 1.807) is 13.8 Å². The second-order valence-corrected chi connectivity index (χ2v) is 9.88. The quantitative estimate of drug-likeness (QED) is 0.231. The van der Waals surface area contributed by atoms with E-state index in [1.807, 2.05) is 24.3 Å². The maximum Gasteiger partial charge on any atom is 0.354 e. The van der Waals surface area contributed by atoms with Crippen molar-refractivity contribution in [2.75, 3.05) is 46.5 Å². The molecule has 9 nitrogen and oxygen atoms in total. The third-order valence-corrected chi connectivity index (χ3v) is 7.30. The second kappa shape index (κ2) is 11.0. The van der Waals surface area contributed by atoms with Crippen molar-refractivity contribution in [2.24, 2.45) is 0 Å². The number of morpholine rings is 1. The largest absolute Gasteiger partial charge is 0.507 e. The standard InChI is InChI=1S/C26H30BrN3O6/c1-15-19(16(2)28-21(15)26(34)35-3)23(31)20-22(17-5-7-18(27)8-6-17)30(25(33)24(20)32)10-4-9-29-11-13-36-14-12-29/h5-8,22,28,31H,4,9-14H2,1-3H3/t22-/m0/s1. The number of aryl methyl sites for hydroxylation is 1. The summed E-state index contributed by atoms with van der Waals surface area (Å²) >= 11 is 3.43. The molecule has 0 radical (unpaired) electrons. The number of benzene rings is 1. The molecule has 1 atom stereocenters. The first kappa shape index (κ1) is 26.1. The maximum absolute atomic E-state index is 13.3. The topological polar surface area (TPSA) is 112 Å². The van der Waals surface area contributed by atoms with E-state index in [2.05, 4.69) is 25.8 Å². The third-order valence-electron chi connectivity index (χ3n) is 6.77. The normalized spacial score (nSPS) is 20.2. The average molecular weight is 560 g/mol. The number of esters is 1. The predicted molar refractivity (Wildman–Crippen MR) is 137 cm³/mol. The summed E-state index contributed by atoms with van der Waals surface area (Å²) in [6.45, 7) is 7.54. The number of nitrogens with one attached hydrogen (secondary N) is 1. The number of aliphatic hydroxyl groups excluding tert-OH is 1. The van der Waals surface area contributed by atoms with Crippen LogP contribution in [0.15, 0.2) is 34.3 Å². The molecule has 2 N–H and O–H groups in total. The van der Waals surface area contributed by atoms with Crippen molar-refractivity contribution in [2.45, 2.75) is 26.3 Å². The molecule has 1 aromatic heterocycles. The Kier molecular flexibility index (Phi) is 7.97. The van der Waals surface area contributed by atoms with Gasteiger partial charge in [0.05, 0.1) is 31.9 Å². The molecule has 0 unspecified atom stereocenters. The number of carbonyl (C=O) groups is 3. The minimum Gasteiger partial charge on any atom is -0.507 e. The molecule has 2 aliphatic heterocycles. The van der Waals surface area contributed by atoms with E-state index in [-0.39, 0.29) is 17.0 Å². The molecule has 2 aromatic rings. The predicted octanol–water partition coefficient (Wildman–Crippen LogP) is 3.32. The van der Waals surface area contributed by atoms with Crippen LogP contribution in [0, 0.1) is 13.8 Å². The lowest BCUT2D eigenvalue weighted by Crippen LogP contribution is -2.38. The summed E-state index contributed by atoms with van der Waals surface area (Å²) in [6, 6.07) is 6.59. The van der Waals surface area contributed by atoms with E-state index >= 15 is 0 Å². The lowest BCUT2D eigenvalue weighted by molar-refractivity contribution is -0.140. The van der Waals surface area contributed by atoms with Gasteiger partial charge in [-0.15, -0.1) is 0 Å². The number of rotatable bonds is 7. The van der Waals surface area contributed by atoms with E-state index in [0.29, 0.717) is 48.6 Å². The third kappa shape index (κ3) is 4.98. The van der Waals surface area contributed by atoms with Crippen molar-refractivity contribution in [3.8, 4) is 0 Å². The number of amides is 1. The van der Waals surface area contributed by atoms with Crippen LogP contribution in [-0.4, -0.2) is 84.1 Å². The number of carbonyl (C=O) groups excluding carboxylic acids is 3. The van der Waals surface area contributed by atoms with E-state index in [1.165, 1.54) is 12.0 Å². The van der Waals surface area contributed by atoms with Gasteiger partial charge in [-0.25, -0.2) is 4.79 Å². The Morgan fingerprint density at radius 3 is 2.47 bits per heavy atom. The molecule has 4 rings (SSSR count). The molecular formula is C26H30BrN3O6. The van der Waals surface area contributed by atoms with Gasteiger partial charge in [0.2, 0.25) is 0 Å². The molecule has 0 bridgehead atoms. The van der Waals surface area contributed by atoms with Crippen molar-refractivity contribution < 1.29 is 29.0 Å². The number of hydrogen-bond donors (Lipinski definition) is 2. The highest BCUT2D eigenvalue weighted by Gasteiger charge is 2.46. The van der Waals surface area contributed by atoms with Gasteiger partial charge in [0.25, 0.3) is 11.7 Å². The van der Waals surface area contributed by atoms with Gasteiger partial charge in [0.15, 0.2) is 0 Å². The Balaban J connectivity index is 1.74. The molecule has 0 saturated carbocycles. The Morgan fingerprint density at radius 1 is 1.17 bits per heavy atom. The average Bonchev–Trinajstić information content (AvgIpc) is 3.31. The molecule has 1 amide bonds. The molecule has 0 aliphatic carbocycles. The van der Waals surface area contributed by atoms with Crippen LogP contribution in [0.3, 0.4) is 0 Å². The zero-order chi connectivity index (χ0) is 26.0. The Labute approximate surface area is 218 Å². The van der Waals surface area contributed by atoms with E-state index in [0.717, 1.165) is 24.1 Å². The summed E-state index contributed by atoms with van der Waals surface area (Å²) in [5.41, 5.74) is 2.18. The summed E-state index contributed by atoms with van der Waals surface area (Å²) in [4.78, 5) is 45.5. The number of likely N-dealkylation sites (tertiary alicyclic amines) is 1. The van der Waals surface area contributed by atoms with Crippen molar-refractivity contribution in [1.29, 1.82) is 0 Å². The molecule has 3 heterocycles. The molecule has 2 saturated heterocycles. The van der Waals surface area contributed by atoms with Gasteiger partial charge in [-0.2, -0.15) is 0 Å². The first-order valence-corrected chi connectivity index (χ1v) is 12.7. The van der Waals surface area contributed by atoms with Crippen molar-refractivity contribution in [3.05, 3.63) is 62.4 Å². The van der Waals surface area contributed by atoms with Gasteiger partial charge in [-0.1, -0.05) is 28.1 Å². The number of methoxy groups -OCH3 is 1. The molecule has 192 valence electrons. The minimum absolute atomic E-state index is 0.00955. The first-order valence-electron chi connectivity index (χ1n) is 11.9. The monoisotopic (exact) mass is 559 g/mol. The minimum atomic E-state index is -0.752. The molecule has 2 fully saturated rings. The summed E-state index contributed by atoms with van der Waals surface area (Å²) in [7, 11) is 1.27. The van der Waals surface area contributed by atoms with Crippen LogP contribution in [0.5, 0.6) is 0 Å². The summed E-state index contributed by atoms with van der Waals surface area (Å²) in [5.74, 6) is -2.28. The summed E-state index contributed by atoms with van der Waals surface area (Å²) < 4.78 is 11.1. The van der Waals surface area contributed by atoms with Gasteiger partial charge in [0, 0.05) is 41.9 Å². The maximum atomic E-state index is 13.3. The van der Waals surface area contributed by atoms with Gasteiger partial charge in [-0.3, -0.25) is 14.5 Å².